The van der Waals surface area contributed by atoms with Gasteiger partial charge in [0, 0.05) is 20.8 Å². The Labute approximate surface area is 130 Å². The van der Waals surface area contributed by atoms with Crippen LogP contribution in [0.3, 0.4) is 0 Å². The van der Waals surface area contributed by atoms with Gasteiger partial charge in [-0.25, -0.2) is 0 Å². The van der Waals surface area contributed by atoms with Gasteiger partial charge in [-0.15, -0.1) is 11.8 Å². The lowest BCUT2D eigenvalue weighted by molar-refractivity contribution is -0.144. The predicted octanol–water partition coefficient (Wildman–Crippen LogP) is 3.13. The van der Waals surface area contributed by atoms with E-state index in [2.05, 4.69) is 15.9 Å². The van der Waals surface area contributed by atoms with E-state index < -0.39 is 11.6 Å². The fourth-order valence-corrected chi connectivity index (χ4v) is 4.21. The molecule has 110 valence electrons. The lowest BCUT2D eigenvalue weighted by atomic mass is 9.80. The molecule has 1 aromatic carbocycles. The number of rotatable bonds is 4. The first-order valence-corrected chi connectivity index (χ1v) is 8.30. The molecule has 0 unspecified atom stereocenters. The molecular formula is C14H18BrNO3S. The van der Waals surface area contributed by atoms with Crippen molar-refractivity contribution in [3.8, 4) is 0 Å². The Balaban J connectivity index is 1.92. The molecule has 0 atom stereocenters. The van der Waals surface area contributed by atoms with Crippen molar-refractivity contribution in [1.29, 1.82) is 0 Å². The van der Waals surface area contributed by atoms with Crippen molar-refractivity contribution in [1.82, 2.24) is 0 Å². The lowest BCUT2D eigenvalue weighted by Gasteiger charge is -2.34. The number of nitrogens with two attached hydrogens (primary N) is 1. The molecular weight excluding hydrogens is 342 g/mol. The highest BCUT2D eigenvalue weighted by molar-refractivity contribution is 9.10. The molecule has 0 bridgehead atoms. The van der Waals surface area contributed by atoms with E-state index in [-0.39, 0.29) is 5.92 Å². The van der Waals surface area contributed by atoms with Gasteiger partial charge in [-0.3, -0.25) is 4.79 Å². The van der Waals surface area contributed by atoms with Crippen molar-refractivity contribution in [2.24, 2.45) is 5.92 Å². The van der Waals surface area contributed by atoms with Gasteiger partial charge in [0.2, 0.25) is 0 Å². The number of thioether (sulfide) groups is 1. The summed E-state index contributed by atoms with van der Waals surface area (Å²) >= 11 is 5.03. The zero-order chi connectivity index (χ0) is 14.8. The Morgan fingerprint density at radius 2 is 2.10 bits per heavy atom. The molecule has 1 fully saturated rings. The number of halogens is 1. The molecule has 1 aromatic rings. The molecule has 0 saturated heterocycles. The van der Waals surface area contributed by atoms with Gasteiger partial charge in [0.05, 0.1) is 11.5 Å². The average molecular weight is 360 g/mol. The molecule has 6 heteroatoms. The summed E-state index contributed by atoms with van der Waals surface area (Å²) in [6.45, 7) is 0. The number of benzene rings is 1. The highest BCUT2D eigenvalue weighted by Crippen LogP contribution is 2.38. The van der Waals surface area contributed by atoms with E-state index in [0.717, 1.165) is 9.37 Å². The van der Waals surface area contributed by atoms with Crippen LogP contribution >= 0.6 is 27.7 Å². The van der Waals surface area contributed by atoms with Crippen LogP contribution in [-0.2, 0) is 4.79 Å². The molecule has 0 amide bonds. The second kappa shape index (κ2) is 6.37. The van der Waals surface area contributed by atoms with Gasteiger partial charge in [0.25, 0.3) is 0 Å². The number of hydrogen-bond donors (Lipinski definition) is 3. The van der Waals surface area contributed by atoms with Gasteiger partial charge in [0.1, 0.15) is 0 Å². The number of aliphatic carboxylic acids is 1. The summed E-state index contributed by atoms with van der Waals surface area (Å²) in [4.78, 5) is 12.0. The first kappa shape index (κ1) is 15.7. The summed E-state index contributed by atoms with van der Waals surface area (Å²) in [6.07, 6.45) is 2.19. The van der Waals surface area contributed by atoms with E-state index in [9.17, 15) is 9.90 Å². The minimum absolute atomic E-state index is 0.302. The van der Waals surface area contributed by atoms with Crippen LogP contribution in [0.4, 0.5) is 5.69 Å². The largest absolute Gasteiger partial charge is 0.481 e. The molecule has 2 rings (SSSR count). The van der Waals surface area contributed by atoms with Crippen LogP contribution < -0.4 is 5.73 Å². The molecule has 4 nitrogen and oxygen atoms in total. The SMILES string of the molecule is Nc1ccc(SCC2(O)CCC(C(=O)O)CC2)c(Br)c1. The summed E-state index contributed by atoms with van der Waals surface area (Å²) in [5, 5.41) is 19.5. The Hall–Kier alpha value is -0.720. The third-order valence-electron chi connectivity index (χ3n) is 3.72. The van der Waals surface area contributed by atoms with Gasteiger partial charge in [0.15, 0.2) is 0 Å². The molecule has 20 heavy (non-hydrogen) atoms. The van der Waals surface area contributed by atoms with Gasteiger partial charge >= 0.3 is 5.97 Å². The molecule has 1 saturated carbocycles. The van der Waals surface area contributed by atoms with Crippen LogP contribution in [0, 0.1) is 5.92 Å². The van der Waals surface area contributed by atoms with Gasteiger partial charge in [-0.05, 0) is 59.8 Å². The predicted molar refractivity (Wildman–Crippen MR) is 83.8 cm³/mol. The Kier molecular flexibility index (Phi) is 4.99. The number of carboxylic acid groups (broad SMARTS) is 1. The lowest BCUT2D eigenvalue weighted by Crippen LogP contribution is -2.38. The van der Waals surface area contributed by atoms with Gasteiger partial charge in [-0.1, -0.05) is 0 Å². The first-order chi connectivity index (χ1) is 9.39. The number of carboxylic acids is 1. The van der Waals surface area contributed by atoms with Gasteiger partial charge in [-0.2, -0.15) is 0 Å². The molecule has 0 spiro atoms. The quantitative estimate of drug-likeness (QED) is 0.568. The maximum Gasteiger partial charge on any atom is 0.306 e. The van der Waals surface area contributed by atoms with Crippen molar-refractivity contribution < 1.29 is 15.0 Å². The monoisotopic (exact) mass is 359 g/mol. The highest BCUT2D eigenvalue weighted by atomic mass is 79.9. The summed E-state index contributed by atoms with van der Waals surface area (Å²) in [5.41, 5.74) is 5.62. The molecule has 4 N–H and O–H groups in total. The van der Waals surface area contributed by atoms with E-state index in [0.29, 0.717) is 37.1 Å². The zero-order valence-electron chi connectivity index (χ0n) is 11.0. The van der Waals surface area contributed by atoms with Crippen molar-refractivity contribution in [2.75, 3.05) is 11.5 Å². The van der Waals surface area contributed by atoms with Crippen LogP contribution in [0.25, 0.3) is 0 Å². The molecule has 0 aromatic heterocycles. The minimum atomic E-state index is -0.766. The molecule has 0 aliphatic heterocycles. The molecule has 0 radical (unpaired) electrons. The normalized spacial score (nSPS) is 26.4. The molecule has 1 aliphatic carbocycles. The van der Waals surface area contributed by atoms with Crippen LogP contribution in [-0.4, -0.2) is 27.5 Å². The smallest absolute Gasteiger partial charge is 0.306 e. The highest BCUT2D eigenvalue weighted by Gasteiger charge is 2.35. The van der Waals surface area contributed by atoms with Crippen molar-refractivity contribution in [2.45, 2.75) is 36.2 Å². The summed E-state index contributed by atoms with van der Waals surface area (Å²) < 4.78 is 0.922. The summed E-state index contributed by atoms with van der Waals surface area (Å²) in [6, 6.07) is 5.60. The Bertz CT molecular complexity index is 501. The van der Waals surface area contributed by atoms with Crippen molar-refractivity contribution in [3.63, 3.8) is 0 Å². The van der Waals surface area contributed by atoms with E-state index in [1.54, 1.807) is 11.8 Å². The summed E-state index contributed by atoms with van der Waals surface area (Å²) in [5.74, 6) is -0.480. The van der Waals surface area contributed by atoms with Crippen LogP contribution in [0.5, 0.6) is 0 Å². The number of carbonyl (C=O) groups is 1. The minimum Gasteiger partial charge on any atom is -0.481 e. The van der Waals surface area contributed by atoms with E-state index in [1.807, 2.05) is 18.2 Å². The van der Waals surface area contributed by atoms with Crippen molar-refractivity contribution >= 4 is 39.3 Å². The molecule has 0 heterocycles. The van der Waals surface area contributed by atoms with Gasteiger partial charge < -0.3 is 15.9 Å². The third kappa shape index (κ3) is 3.90. The standard InChI is InChI=1S/C14H18BrNO3S/c15-11-7-10(16)1-2-12(11)20-8-14(19)5-3-9(4-6-14)13(17)18/h1-2,7,9,19H,3-6,8,16H2,(H,17,18). The number of aliphatic hydroxyl groups is 1. The average Bonchev–Trinajstić information content (AvgIpc) is 2.38. The zero-order valence-corrected chi connectivity index (χ0v) is 13.4. The third-order valence-corrected chi connectivity index (χ3v) is 5.99. The maximum atomic E-state index is 10.9. The second-order valence-corrected chi connectivity index (χ2v) is 7.19. The number of anilines is 1. The number of nitrogen functional groups attached to an aromatic ring is 1. The Morgan fingerprint density at radius 1 is 1.45 bits per heavy atom. The van der Waals surface area contributed by atoms with E-state index in [4.69, 9.17) is 10.8 Å². The topological polar surface area (TPSA) is 83.5 Å². The molecule has 1 aliphatic rings. The maximum absolute atomic E-state index is 10.9. The van der Waals surface area contributed by atoms with E-state index in [1.165, 1.54) is 0 Å². The van der Waals surface area contributed by atoms with E-state index >= 15 is 0 Å². The summed E-state index contributed by atoms with van der Waals surface area (Å²) in [7, 11) is 0. The van der Waals surface area contributed by atoms with Crippen LogP contribution in [0.2, 0.25) is 0 Å². The van der Waals surface area contributed by atoms with Crippen LogP contribution in [0.15, 0.2) is 27.6 Å². The van der Waals surface area contributed by atoms with Crippen LogP contribution in [0.1, 0.15) is 25.7 Å². The first-order valence-electron chi connectivity index (χ1n) is 6.53. The number of hydrogen-bond acceptors (Lipinski definition) is 4. The fraction of sp³-hybridized carbons (Fsp3) is 0.500. The second-order valence-electron chi connectivity index (χ2n) is 5.32. The fourth-order valence-electron chi connectivity index (χ4n) is 2.39. The van der Waals surface area contributed by atoms with Crippen molar-refractivity contribution in [3.05, 3.63) is 22.7 Å². The Morgan fingerprint density at radius 3 is 2.65 bits per heavy atom.